The lowest BCUT2D eigenvalue weighted by Gasteiger charge is -2.35. The van der Waals surface area contributed by atoms with Gasteiger partial charge in [-0.1, -0.05) is 13.3 Å². The third-order valence-electron chi connectivity index (χ3n) is 4.06. The van der Waals surface area contributed by atoms with Crippen LogP contribution in [-0.2, 0) is 9.53 Å². The summed E-state index contributed by atoms with van der Waals surface area (Å²) in [7, 11) is 0. The molecule has 6 heteroatoms. The zero-order valence-electron chi connectivity index (χ0n) is 15.3. The van der Waals surface area contributed by atoms with Gasteiger partial charge in [0, 0.05) is 18.7 Å². The first-order valence-electron chi connectivity index (χ1n) is 8.94. The Morgan fingerprint density at radius 2 is 1.84 bits per heavy atom. The summed E-state index contributed by atoms with van der Waals surface area (Å²) in [5.74, 6) is 0.398. The monoisotopic (exact) mass is 348 g/mol. The lowest BCUT2D eigenvalue weighted by molar-refractivity contribution is -0.142. The van der Waals surface area contributed by atoms with E-state index < -0.39 is 0 Å². The molecule has 6 nitrogen and oxygen atoms in total. The molecule has 1 saturated heterocycles. The second kappa shape index (κ2) is 9.42. The SMILES string of the molecule is CCCCOc1ccc(C(=O)NCC(=O)N2C[C@@H](C)O[C@@H](C)C2)cc1. The number of carbonyl (C=O) groups excluding carboxylic acids is 2. The number of nitrogens with one attached hydrogen (secondary N) is 1. The van der Waals surface area contributed by atoms with Crippen LogP contribution < -0.4 is 10.1 Å². The smallest absolute Gasteiger partial charge is 0.251 e. The van der Waals surface area contributed by atoms with E-state index in [2.05, 4.69) is 12.2 Å². The molecule has 0 aromatic heterocycles. The highest BCUT2D eigenvalue weighted by atomic mass is 16.5. The standard InChI is InChI=1S/C19H28N2O4/c1-4-5-10-24-17-8-6-16(7-9-17)19(23)20-11-18(22)21-12-14(2)25-15(3)13-21/h6-9,14-15H,4-5,10-13H2,1-3H3,(H,20,23)/t14-,15+. The first-order valence-corrected chi connectivity index (χ1v) is 8.94. The second-order valence-electron chi connectivity index (χ2n) is 6.47. The summed E-state index contributed by atoms with van der Waals surface area (Å²) in [5.41, 5.74) is 0.513. The van der Waals surface area contributed by atoms with Crippen molar-refractivity contribution in [2.45, 2.75) is 45.8 Å². The number of carbonyl (C=O) groups is 2. The molecule has 1 N–H and O–H groups in total. The highest BCUT2D eigenvalue weighted by Crippen LogP contribution is 2.13. The molecule has 1 fully saturated rings. The van der Waals surface area contributed by atoms with Crippen LogP contribution in [0.15, 0.2) is 24.3 Å². The van der Waals surface area contributed by atoms with Crippen LogP contribution in [-0.4, -0.2) is 55.2 Å². The van der Waals surface area contributed by atoms with Gasteiger partial charge in [0.1, 0.15) is 5.75 Å². The fourth-order valence-corrected chi connectivity index (χ4v) is 2.79. The Morgan fingerprint density at radius 3 is 2.44 bits per heavy atom. The van der Waals surface area contributed by atoms with Gasteiger partial charge in [-0.15, -0.1) is 0 Å². The molecule has 2 amide bonds. The number of hydrogen-bond acceptors (Lipinski definition) is 4. The maximum atomic E-state index is 12.3. The van der Waals surface area contributed by atoms with Crippen LogP contribution in [0.1, 0.15) is 44.0 Å². The zero-order valence-corrected chi connectivity index (χ0v) is 15.3. The van der Waals surface area contributed by atoms with E-state index in [9.17, 15) is 9.59 Å². The normalized spacial score (nSPS) is 20.2. The minimum atomic E-state index is -0.261. The summed E-state index contributed by atoms with van der Waals surface area (Å²) in [6.45, 7) is 7.78. The molecule has 138 valence electrons. The van der Waals surface area contributed by atoms with Crippen LogP contribution >= 0.6 is 0 Å². The van der Waals surface area contributed by atoms with Crippen molar-refractivity contribution in [2.24, 2.45) is 0 Å². The number of ether oxygens (including phenoxy) is 2. The lowest BCUT2D eigenvalue weighted by Crippen LogP contribution is -2.51. The number of nitrogens with zero attached hydrogens (tertiary/aromatic N) is 1. The van der Waals surface area contributed by atoms with E-state index in [-0.39, 0.29) is 30.6 Å². The van der Waals surface area contributed by atoms with Crippen LogP contribution in [0.2, 0.25) is 0 Å². The Kier molecular flexibility index (Phi) is 7.25. The van der Waals surface area contributed by atoms with Crippen molar-refractivity contribution < 1.29 is 19.1 Å². The number of benzene rings is 1. The topological polar surface area (TPSA) is 67.9 Å². The predicted octanol–water partition coefficient (Wildman–Crippen LogP) is 2.23. The molecule has 0 bridgehead atoms. The van der Waals surface area contributed by atoms with Gasteiger partial charge in [-0.05, 0) is 44.5 Å². The average Bonchev–Trinajstić information content (AvgIpc) is 2.59. The largest absolute Gasteiger partial charge is 0.494 e. The van der Waals surface area contributed by atoms with Crippen molar-refractivity contribution in [3.8, 4) is 5.75 Å². The molecular formula is C19H28N2O4. The van der Waals surface area contributed by atoms with Crippen LogP contribution in [0.4, 0.5) is 0 Å². The fourth-order valence-electron chi connectivity index (χ4n) is 2.79. The second-order valence-corrected chi connectivity index (χ2v) is 6.47. The minimum absolute atomic E-state index is 0.00692. The van der Waals surface area contributed by atoms with Crippen molar-refractivity contribution in [3.63, 3.8) is 0 Å². The summed E-state index contributed by atoms with van der Waals surface area (Å²) < 4.78 is 11.2. The Morgan fingerprint density at radius 1 is 1.20 bits per heavy atom. The molecule has 1 heterocycles. The van der Waals surface area contributed by atoms with Crippen LogP contribution in [0, 0.1) is 0 Å². The van der Waals surface area contributed by atoms with Gasteiger partial charge >= 0.3 is 0 Å². The third-order valence-corrected chi connectivity index (χ3v) is 4.06. The minimum Gasteiger partial charge on any atom is -0.494 e. The summed E-state index contributed by atoms with van der Waals surface area (Å²) >= 11 is 0. The predicted molar refractivity (Wildman–Crippen MR) is 95.8 cm³/mol. The van der Waals surface area contributed by atoms with E-state index in [0.717, 1.165) is 18.6 Å². The average molecular weight is 348 g/mol. The molecule has 0 saturated carbocycles. The number of rotatable bonds is 7. The molecule has 0 spiro atoms. The van der Waals surface area contributed by atoms with Gasteiger partial charge in [0.25, 0.3) is 5.91 Å². The molecule has 0 unspecified atom stereocenters. The highest BCUT2D eigenvalue weighted by molar-refractivity contribution is 5.96. The molecule has 0 aliphatic carbocycles. The maximum Gasteiger partial charge on any atom is 0.251 e. The van der Waals surface area contributed by atoms with E-state index in [1.165, 1.54) is 0 Å². The quantitative estimate of drug-likeness (QED) is 0.767. The first kappa shape index (κ1) is 19.2. The van der Waals surface area contributed by atoms with Gasteiger partial charge in [-0.2, -0.15) is 0 Å². The lowest BCUT2D eigenvalue weighted by atomic mass is 10.2. The maximum absolute atomic E-state index is 12.3. The van der Waals surface area contributed by atoms with Crippen molar-refractivity contribution >= 4 is 11.8 Å². The van der Waals surface area contributed by atoms with Gasteiger partial charge < -0.3 is 19.7 Å². The van der Waals surface area contributed by atoms with Crippen LogP contribution in [0.3, 0.4) is 0 Å². The molecule has 0 radical (unpaired) electrons. The van der Waals surface area contributed by atoms with Gasteiger partial charge in [0.15, 0.2) is 0 Å². The summed E-state index contributed by atoms with van der Waals surface area (Å²) in [4.78, 5) is 26.2. The number of unbranched alkanes of at least 4 members (excludes halogenated alkanes) is 1. The van der Waals surface area contributed by atoms with Crippen molar-refractivity contribution in [1.82, 2.24) is 10.2 Å². The molecule has 25 heavy (non-hydrogen) atoms. The highest BCUT2D eigenvalue weighted by Gasteiger charge is 2.25. The molecule has 1 aliphatic heterocycles. The Hall–Kier alpha value is -2.08. The van der Waals surface area contributed by atoms with Crippen molar-refractivity contribution in [3.05, 3.63) is 29.8 Å². The number of hydrogen-bond donors (Lipinski definition) is 1. The van der Waals surface area contributed by atoms with E-state index in [4.69, 9.17) is 9.47 Å². The fraction of sp³-hybridized carbons (Fsp3) is 0.579. The number of amides is 2. The van der Waals surface area contributed by atoms with Gasteiger partial charge in [0.05, 0.1) is 25.4 Å². The van der Waals surface area contributed by atoms with E-state index in [1.54, 1.807) is 29.2 Å². The molecule has 2 atom stereocenters. The molecule has 1 aromatic carbocycles. The first-order chi connectivity index (χ1) is 12.0. The Bertz CT molecular complexity index is 563. The van der Waals surface area contributed by atoms with Gasteiger partial charge in [-0.3, -0.25) is 9.59 Å². The van der Waals surface area contributed by atoms with Gasteiger partial charge in [0.2, 0.25) is 5.91 Å². The molecule has 1 aliphatic rings. The van der Waals surface area contributed by atoms with Crippen molar-refractivity contribution in [2.75, 3.05) is 26.2 Å². The van der Waals surface area contributed by atoms with Gasteiger partial charge in [-0.25, -0.2) is 0 Å². The summed E-state index contributed by atoms with van der Waals surface area (Å²) in [6.07, 6.45) is 2.12. The van der Waals surface area contributed by atoms with Crippen LogP contribution in [0.25, 0.3) is 0 Å². The summed E-state index contributed by atoms with van der Waals surface area (Å²) in [5, 5.41) is 2.69. The zero-order chi connectivity index (χ0) is 18.2. The molecule has 1 aromatic rings. The van der Waals surface area contributed by atoms with Crippen molar-refractivity contribution in [1.29, 1.82) is 0 Å². The molecule has 2 rings (SSSR count). The Labute approximate surface area is 149 Å². The number of morpholine rings is 1. The third kappa shape index (κ3) is 6.05. The van der Waals surface area contributed by atoms with E-state index in [0.29, 0.717) is 25.3 Å². The van der Waals surface area contributed by atoms with E-state index >= 15 is 0 Å². The molecular weight excluding hydrogens is 320 g/mol. The van der Waals surface area contributed by atoms with Crippen LogP contribution in [0.5, 0.6) is 5.75 Å². The van der Waals surface area contributed by atoms with E-state index in [1.807, 2.05) is 13.8 Å². The Balaban J connectivity index is 1.80. The summed E-state index contributed by atoms with van der Waals surface area (Å²) in [6, 6.07) is 6.97.